The third-order valence-electron chi connectivity index (χ3n) is 22.6. The maximum atomic E-state index is 16.4. The number of primary amides is 4. The van der Waals surface area contributed by atoms with E-state index in [1.54, 1.807) is 72.9 Å². The number of hydrogen-bond donors (Lipinski definition) is 24. The van der Waals surface area contributed by atoms with Crippen LogP contribution in [0, 0.1) is 6.92 Å². The first-order chi connectivity index (χ1) is 64.0. The fraction of sp³-hybridized carbons (Fsp3) is 0.538. The number of aromatic amines is 1. The summed E-state index contributed by atoms with van der Waals surface area (Å²) in [5.41, 5.74) is 38.7. The molecule has 4 aromatic carbocycles. The van der Waals surface area contributed by atoms with E-state index in [1.165, 1.54) is 55.4 Å². The van der Waals surface area contributed by atoms with Gasteiger partial charge in [-0.3, -0.25) is 81.5 Å². The number of ether oxygens (including phenoxy) is 1. The average Bonchev–Trinajstić information content (AvgIpc) is 1.28. The van der Waals surface area contributed by atoms with Crippen molar-refractivity contribution in [2.24, 2.45) is 40.1 Å². The van der Waals surface area contributed by atoms with Gasteiger partial charge in [0.05, 0.1) is 18.9 Å². The highest BCUT2D eigenvalue weighted by Crippen LogP contribution is 2.47. The molecule has 0 bridgehead atoms. The number of fused-ring (bicyclic) bond motifs is 2. The Bertz CT molecular complexity index is 5070. The number of nitrogens with two attached hydrogens (primary N) is 7. The quantitative estimate of drug-likeness (QED) is 0.0144. The predicted molar refractivity (Wildman–Crippen MR) is 512 cm³/mol. The topological polar surface area (TPSA) is 715 Å². The fourth-order valence-corrected chi connectivity index (χ4v) is 17.8. The first kappa shape index (κ1) is 112. The van der Waals surface area contributed by atoms with Gasteiger partial charge >= 0.3 is 6.03 Å². The molecule has 13 atom stereocenters. The number of nitrogens with one attached hydrogen (secondary N) is 16. The molecule has 0 saturated carbocycles. The second kappa shape index (κ2) is 53.0. The Morgan fingerprint density at radius 2 is 1.11 bits per heavy atom. The number of aryl methyl sites for hydroxylation is 1. The number of hydrogen-bond acceptors (Lipinski definition) is 25. The molecule has 2 unspecified atom stereocenters. The summed E-state index contributed by atoms with van der Waals surface area (Å²) in [6, 6.07) is 4.13. The maximum absolute atomic E-state index is 16.4. The van der Waals surface area contributed by atoms with Crippen LogP contribution in [0.25, 0.3) is 21.7 Å². The number of unbranched alkanes of at least 4 members (excludes halogenated alkanes) is 3. The molecule has 1 fully saturated rings. The molecule has 43 nitrogen and oxygen atoms in total. The molecule has 0 aliphatic carbocycles. The Balaban J connectivity index is 1.52. The van der Waals surface area contributed by atoms with Crippen molar-refractivity contribution >= 4 is 150 Å². The van der Waals surface area contributed by atoms with Crippen LogP contribution in [0.4, 0.5) is 4.79 Å². The monoisotopic (exact) mass is 1930 g/mol. The Morgan fingerprint density at radius 1 is 0.537 bits per heavy atom. The van der Waals surface area contributed by atoms with E-state index in [0.717, 1.165) is 46.4 Å². The maximum Gasteiger partial charge on any atom is 0.312 e. The SMILES string of the molecule is CC(=O)NCCCCC(NC(=O)[C@](C)(CCCCN)NC(=O)C(Cc1ccc2ccccc2c1)NC(=O)[C@H](Cc1ccc(OCCN)cc1)NC(=O)[C@H]1NC(=O)[C@H](CCCNC(N)=O)NC(=O)[C@H](Cc2c[nH]c3c(C)cccc23)NC(=O)[C@H]([C@@H](C)O)NC(=O)[C@H](CC(N)=O)NC(=O)[C@@H](NC(C)=O)C(C)(C)SSC1(C)C)C(=O)N[C@@H](CC(N)=O)C(=O)NC(C)(C)C(=O)N[C@H](CCCCN)C(N)=O. The minimum Gasteiger partial charge on any atom is -0.492 e. The first-order valence-electron chi connectivity index (χ1n) is 45.0. The lowest BCUT2D eigenvalue weighted by Gasteiger charge is -2.39. The third-order valence-corrected chi connectivity index (χ3v) is 26.9. The third kappa shape index (κ3) is 35.2. The van der Waals surface area contributed by atoms with E-state index in [0.29, 0.717) is 58.1 Å². The van der Waals surface area contributed by atoms with Gasteiger partial charge in [-0.15, -0.1) is 0 Å². The standard InChI is InChI=1S/C91H135N23O20S2/c1-49-22-20-25-59-57(48-101-70(49)59)45-65-78(124)103-61(28-21-40-100-87(98)133)76(122)112-73(90(9,10)136-135-89(7,8)72(102-52(4)117)83(129)108-66(46-68(95)118)79(125)111-71(50(2)115)82(128)106-65)84(130)107-63(43-53-30-33-58(34-31-53)134-41-38-94)77(123)104-64(44-54-29-32-55-23-12-13-24-56(55)42-54)81(127)114-91(11,35-16-18-37-93)86(132)110-62(27-15-19-39-99-51(3)116)75(121)105-67(47-69(96)119)80(126)113-88(5,6)85(131)109-60(74(97)120)26-14-17-36-92/h12-13,20,22-25,29-34,42,48,50,60-67,71-73,101,115H,14-19,21,26-28,35-41,43-47,92-94H2,1-11H3,(H2,95,118)(H2,96,119)(H2,97,120)(H,99,116)(H,102,117)(H,103,124)(H,104,123)(H,105,121)(H,106,128)(H,107,130)(H,108,129)(H,109,131)(H,110,132)(H,111,125)(H,112,122)(H,113,126)(H,114,127)(H3,98,100,133)/t50-,60-,61+,62?,63+,64?,65+,66+,67+,71+,72-,73-,91+/m1/s1. The molecule has 1 aliphatic heterocycles. The van der Waals surface area contributed by atoms with Crippen LogP contribution in [-0.2, 0) is 101 Å². The van der Waals surface area contributed by atoms with Crippen molar-refractivity contribution in [3.63, 3.8) is 0 Å². The summed E-state index contributed by atoms with van der Waals surface area (Å²) in [7, 11) is 1.75. The molecule has 6 rings (SSSR count). The number of urea groups is 1. The highest BCUT2D eigenvalue weighted by Gasteiger charge is 2.48. The summed E-state index contributed by atoms with van der Waals surface area (Å²) >= 11 is 0. The Hall–Kier alpha value is -12.7. The van der Waals surface area contributed by atoms with Crippen LogP contribution in [-0.4, -0.2) is 249 Å². The van der Waals surface area contributed by atoms with Crippen molar-refractivity contribution in [1.82, 2.24) is 84.7 Å². The molecule has 1 aliphatic rings. The first-order valence-corrected chi connectivity index (χ1v) is 47.2. The summed E-state index contributed by atoms with van der Waals surface area (Å²) in [6.07, 6.45) is -2.17. The lowest BCUT2D eigenvalue weighted by atomic mass is 9.91. The number of amides is 19. The van der Waals surface area contributed by atoms with E-state index >= 15 is 28.8 Å². The van der Waals surface area contributed by atoms with E-state index in [4.69, 9.17) is 44.9 Å². The Morgan fingerprint density at radius 3 is 1.74 bits per heavy atom. The number of benzene rings is 4. The second-order valence-corrected chi connectivity index (χ2v) is 39.0. The molecule has 45 heteroatoms. The summed E-state index contributed by atoms with van der Waals surface area (Å²) < 4.78 is 2.51. The lowest BCUT2D eigenvalue weighted by Crippen LogP contribution is -2.65. The lowest BCUT2D eigenvalue weighted by molar-refractivity contribution is -0.139. The van der Waals surface area contributed by atoms with Crippen molar-refractivity contribution in [2.45, 2.75) is 272 Å². The molecule has 746 valence electrons. The van der Waals surface area contributed by atoms with E-state index in [-0.39, 0.29) is 109 Å². The molecule has 31 N–H and O–H groups in total. The highest BCUT2D eigenvalue weighted by molar-refractivity contribution is 8.77. The smallest absolute Gasteiger partial charge is 0.312 e. The van der Waals surface area contributed by atoms with Gasteiger partial charge in [0.25, 0.3) is 0 Å². The molecule has 136 heavy (non-hydrogen) atoms. The molecule has 2 heterocycles. The van der Waals surface area contributed by atoms with Crippen LogP contribution >= 0.6 is 21.6 Å². The van der Waals surface area contributed by atoms with Crippen molar-refractivity contribution < 1.29 is 96.1 Å². The number of H-pyrrole nitrogens is 1. The zero-order valence-corrected chi connectivity index (χ0v) is 80.3. The average molecular weight is 1940 g/mol. The van der Waals surface area contributed by atoms with E-state index < -0.39 is 213 Å². The summed E-state index contributed by atoms with van der Waals surface area (Å²) in [5.74, 6) is -16.8. The van der Waals surface area contributed by atoms with Crippen LogP contribution < -0.4 is 125 Å². The van der Waals surface area contributed by atoms with Crippen LogP contribution in [0.3, 0.4) is 0 Å². The summed E-state index contributed by atoms with van der Waals surface area (Å²) in [6.45, 7) is 15.8. The summed E-state index contributed by atoms with van der Waals surface area (Å²) in [4.78, 5) is 261. The van der Waals surface area contributed by atoms with Gasteiger partial charge in [-0.25, -0.2) is 4.79 Å². The molecule has 0 spiro atoms. The molecule has 1 aromatic heterocycles. The minimum absolute atomic E-state index is 0.0942. The van der Waals surface area contributed by atoms with Gasteiger partial charge in [-0.1, -0.05) is 94.4 Å². The molecule has 1 saturated heterocycles. The number of rotatable bonds is 47. The Labute approximate surface area is 797 Å². The van der Waals surface area contributed by atoms with Gasteiger partial charge in [0, 0.05) is 79.3 Å². The van der Waals surface area contributed by atoms with Crippen LogP contribution in [0.5, 0.6) is 5.75 Å². The molecular weight excluding hydrogens is 1800 g/mol. The molecular formula is C91H135N23O20S2. The van der Waals surface area contributed by atoms with E-state index in [2.05, 4.69) is 84.7 Å². The van der Waals surface area contributed by atoms with Gasteiger partial charge in [0.1, 0.15) is 89.9 Å². The van der Waals surface area contributed by atoms with Gasteiger partial charge in [0.15, 0.2) is 0 Å². The number of carbonyl (C=O) groups excluding carboxylic acids is 18. The summed E-state index contributed by atoms with van der Waals surface area (Å²) in [5, 5.41) is 52.8. The van der Waals surface area contributed by atoms with Gasteiger partial charge in [-0.2, -0.15) is 0 Å². The van der Waals surface area contributed by atoms with Crippen molar-refractivity contribution in [2.75, 3.05) is 39.3 Å². The zero-order valence-electron chi connectivity index (χ0n) is 78.7. The van der Waals surface area contributed by atoms with Gasteiger partial charge in [0.2, 0.25) is 100 Å². The molecule has 0 radical (unpaired) electrons. The van der Waals surface area contributed by atoms with Crippen LogP contribution in [0.2, 0.25) is 0 Å². The van der Waals surface area contributed by atoms with Gasteiger partial charge < -0.3 is 135 Å². The molecule has 5 aromatic rings. The number of aliphatic hydroxyl groups excluding tert-OH is 1. The van der Waals surface area contributed by atoms with E-state index in [1.807, 2.05) is 25.1 Å². The van der Waals surface area contributed by atoms with Gasteiger partial charge in [-0.05, 0) is 191 Å². The number of aliphatic hydroxyl groups is 1. The normalized spacial score (nSPS) is 19.0. The van der Waals surface area contributed by atoms with Crippen LogP contribution in [0.15, 0.2) is 91.1 Å². The van der Waals surface area contributed by atoms with Crippen molar-refractivity contribution in [3.05, 3.63) is 113 Å². The van der Waals surface area contributed by atoms with Crippen LogP contribution in [0.1, 0.15) is 175 Å². The minimum atomic E-state index is -2.07. The van der Waals surface area contributed by atoms with E-state index in [9.17, 15) is 62.6 Å². The predicted octanol–water partition coefficient (Wildman–Crippen LogP) is -2.30. The fourth-order valence-electron chi connectivity index (χ4n) is 14.9. The Kier molecular flexibility index (Phi) is 43.6. The highest BCUT2D eigenvalue weighted by atomic mass is 33.1. The number of para-hydroxylation sites is 1. The second-order valence-electron chi connectivity index (χ2n) is 35.6. The van der Waals surface area contributed by atoms with Crippen molar-refractivity contribution in [3.8, 4) is 5.75 Å². The van der Waals surface area contributed by atoms with Crippen molar-refractivity contribution in [1.29, 1.82) is 0 Å². The molecule has 19 amide bonds. The number of aromatic nitrogens is 1. The zero-order chi connectivity index (χ0) is 101. The number of carbonyl (C=O) groups is 18. The largest absolute Gasteiger partial charge is 0.492 e.